The molecule has 0 radical (unpaired) electrons. The van der Waals surface area contributed by atoms with Crippen molar-refractivity contribution in [3.05, 3.63) is 84.2 Å². The second-order valence-corrected chi connectivity index (χ2v) is 7.49. The summed E-state index contributed by atoms with van der Waals surface area (Å²) in [6.45, 7) is 3.45. The molecule has 0 bridgehead atoms. The third-order valence-corrected chi connectivity index (χ3v) is 5.28. The number of likely N-dealkylation sites (tertiary alicyclic amines) is 1. The number of aromatic nitrogens is 2. The highest BCUT2D eigenvalue weighted by Gasteiger charge is 2.20. The molecule has 29 heavy (non-hydrogen) atoms. The largest absolute Gasteiger partial charge is 0.335 e. The average molecular weight is 390 g/mol. The van der Waals surface area contributed by atoms with Crippen LogP contribution in [0.3, 0.4) is 0 Å². The molecular weight excluding hydrogens is 362 g/mol. The van der Waals surface area contributed by atoms with Crippen LogP contribution in [0, 0.1) is 0 Å². The van der Waals surface area contributed by atoms with Gasteiger partial charge in [-0.2, -0.15) is 5.10 Å². The highest BCUT2D eigenvalue weighted by molar-refractivity contribution is 5.74. The minimum absolute atomic E-state index is 0.112. The van der Waals surface area contributed by atoms with Gasteiger partial charge in [0, 0.05) is 44.0 Å². The molecule has 0 saturated carbocycles. The lowest BCUT2D eigenvalue weighted by molar-refractivity contribution is 0.186. The molecule has 6 heteroatoms. The summed E-state index contributed by atoms with van der Waals surface area (Å²) in [6.07, 6.45) is 5.69. The summed E-state index contributed by atoms with van der Waals surface area (Å²) in [5.41, 5.74) is 3.32. The van der Waals surface area contributed by atoms with E-state index in [4.69, 9.17) is 0 Å². The topological polar surface area (TPSA) is 62.2 Å². The minimum atomic E-state index is -0.112. The van der Waals surface area contributed by atoms with Crippen LogP contribution in [-0.4, -0.2) is 39.8 Å². The van der Waals surface area contributed by atoms with Crippen LogP contribution in [0.2, 0.25) is 0 Å². The SMILES string of the molecule is O=C(NCc1cnn(-c2ccccc2)c1)NC1CCN(Cc2ccccc2)CC1. The van der Waals surface area contributed by atoms with E-state index >= 15 is 0 Å². The standard InChI is InChI=1S/C23H27N5O/c29-23(24-15-20-16-25-28(18-20)22-9-5-2-6-10-22)26-21-11-13-27(14-12-21)17-19-7-3-1-4-8-19/h1-10,16,18,21H,11-15,17H2,(H2,24,26,29). The molecule has 3 aromatic rings. The van der Waals surface area contributed by atoms with Gasteiger partial charge in [-0.1, -0.05) is 48.5 Å². The van der Waals surface area contributed by atoms with Gasteiger partial charge in [0.1, 0.15) is 0 Å². The van der Waals surface area contributed by atoms with E-state index in [9.17, 15) is 4.79 Å². The van der Waals surface area contributed by atoms with Gasteiger partial charge in [-0.3, -0.25) is 4.90 Å². The van der Waals surface area contributed by atoms with E-state index in [1.807, 2.05) is 47.3 Å². The normalized spacial score (nSPS) is 15.2. The Kier molecular flexibility index (Phi) is 6.22. The van der Waals surface area contributed by atoms with E-state index in [2.05, 4.69) is 44.9 Å². The quantitative estimate of drug-likeness (QED) is 0.680. The number of hydrogen-bond donors (Lipinski definition) is 2. The minimum Gasteiger partial charge on any atom is -0.335 e. The van der Waals surface area contributed by atoms with Crippen molar-refractivity contribution >= 4 is 6.03 Å². The van der Waals surface area contributed by atoms with Gasteiger partial charge in [0.2, 0.25) is 0 Å². The summed E-state index contributed by atoms with van der Waals surface area (Å²) in [7, 11) is 0. The number of benzene rings is 2. The van der Waals surface area contributed by atoms with Gasteiger partial charge in [-0.05, 0) is 30.5 Å². The summed E-state index contributed by atoms with van der Waals surface area (Å²) in [4.78, 5) is 14.7. The molecule has 1 aliphatic heterocycles. The Hall–Kier alpha value is -3.12. The second-order valence-electron chi connectivity index (χ2n) is 7.49. The molecule has 6 nitrogen and oxygen atoms in total. The molecule has 1 fully saturated rings. The Morgan fingerprint density at radius 1 is 0.966 bits per heavy atom. The number of nitrogens with zero attached hydrogens (tertiary/aromatic N) is 3. The second kappa shape index (κ2) is 9.39. The number of nitrogens with one attached hydrogen (secondary N) is 2. The van der Waals surface area contributed by atoms with Crippen molar-refractivity contribution in [1.82, 2.24) is 25.3 Å². The number of hydrogen-bond acceptors (Lipinski definition) is 3. The summed E-state index contributed by atoms with van der Waals surface area (Å²) >= 11 is 0. The maximum atomic E-state index is 12.3. The maximum absolute atomic E-state index is 12.3. The number of carbonyl (C=O) groups excluding carboxylic acids is 1. The first-order chi connectivity index (χ1) is 14.3. The van der Waals surface area contributed by atoms with E-state index in [0.29, 0.717) is 6.54 Å². The molecule has 2 aromatic carbocycles. The number of rotatable bonds is 6. The first-order valence-electron chi connectivity index (χ1n) is 10.2. The van der Waals surface area contributed by atoms with Gasteiger partial charge >= 0.3 is 6.03 Å². The van der Waals surface area contributed by atoms with E-state index in [1.54, 1.807) is 6.20 Å². The third-order valence-electron chi connectivity index (χ3n) is 5.28. The summed E-state index contributed by atoms with van der Waals surface area (Å²) in [5, 5.41) is 10.4. The van der Waals surface area contributed by atoms with Gasteiger partial charge in [0.05, 0.1) is 11.9 Å². The fourth-order valence-corrected chi connectivity index (χ4v) is 3.67. The van der Waals surface area contributed by atoms with Gasteiger partial charge in [-0.15, -0.1) is 0 Å². The number of carbonyl (C=O) groups is 1. The first-order valence-corrected chi connectivity index (χ1v) is 10.2. The summed E-state index contributed by atoms with van der Waals surface area (Å²) in [6, 6.07) is 20.6. The Morgan fingerprint density at radius 2 is 1.66 bits per heavy atom. The van der Waals surface area contributed by atoms with Gasteiger partial charge in [0.15, 0.2) is 0 Å². The average Bonchev–Trinajstić information content (AvgIpc) is 3.24. The molecule has 0 aliphatic carbocycles. The molecule has 1 saturated heterocycles. The Morgan fingerprint density at radius 3 is 2.38 bits per heavy atom. The fourth-order valence-electron chi connectivity index (χ4n) is 3.67. The number of amides is 2. The lowest BCUT2D eigenvalue weighted by atomic mass is 10.0. The molecule has 2 heterocycles. The Balaban J connectivity index is 1.18. The molecule has 1 aliphatic rings. The predicted molar refractivity (Wildman–Crippen MR) is 114 cm³/mol. The van der Waals surface area contributed by atoms with Crippen LogP contribution in [0.1, 0.15) is 24.0 Å². The molecular formula is C23H27N5O. The predicted octanol–water partition coefficient (Wildman–Crippen LogP) is 3.34. The van der Waals surface area contributed by atoms with E-state index in [-0.39, 0.29) is 12.1 Å². The molecule has 2 N–H and O–H groups in total. The number of piperidine rings is 1. The van der Waals surface area contributed by atoms with Crippen LogP contribution in [0.25, 0.3) is 5.69 Å². The van der Waals surface area contributed by atoms with E-state index in [1.165, 1.54) is 5.56 Å². The summed E-state index contributed by atoms with van der Waals surface area (Å²) < 4.78 is 1.82. The molecule has 0 spiro atoms. The Labute approximate surface area is 171 Å². The molecule has 0 unspecified atom stereocenters. The molecule has 4 rings (SSSR count). The van der Waals surface area contributed by atoms with E-state index in [0.717, 1.165) is 43.7 Å². The van der Waals surface area contributed by atoms with Crippen molar-refractivity contribution in [2.45, 2.75) is 32.0 Å². The zero-order chi connectivity index (χ0) is 19.9. The molecule has 150 valence electrons. The van der Waals surface area contributed by atoms with Crippen molar-refractivity contribution in [3.8, 4) is 5.69 Å². The zero-order valence-electron chi connectivity index (χ0n) is 16.5. The molecule has 0 atom stereocenters. The van der Waals surface area contributed by atoms with Gasteiger partial charge in [-0.25, -0.2) is 9.48 Å². The van der Waals surface area contributed by atoms with Crippen molar-refractivity contribution in [3.63, 3.8) is 0 Å². The smallest absolute Gasteiger partial charge is 0.315 e. The van der Waals surface area contributed by atoms with Crippen molar-refractivity contribution in [1.29, 1.82) is 0 Å². The van der Waals surface area contributed by atoms with Crippen molar-refractivity contribution in [2.75, 3.05) is 13.1 Å². The Bertz CT molecular complexity index is 901. The van der Waals surface area contributed by atoms with Gasteiger partial charge < -0.3 is 10.6 Å². The zero-order valence-corrected chi connectivity index (χ0v) is 16.5. The summed E-state index contributed by atoms with van der Waals surface area (Å²) in [5.74, 6) is 0. The monoisotopic (exact) mass is 389 g/mol. The van der Waals surface area contributed by atoms with Crippen LogP contribution in [0.4, 0.5) is 4.79 Å². The maximum Gasteiger partial charge on any atom is 0.315 e. The van der Waals surface area contributed by atoms with Crippen LogP contribution in [0.5, 0.6) is 0 Å². The molecule has 2 amide bonds. The highest BCUT2D eigenvalue weighted by atomic mass is 16.2. The third kappa shape index (κ3) is 5.45. The number of urea groups is 1. The van der Waals surface area contributed by atoms with Gasteiger partial charge in [0.25, 0.3) is 0 Å². The lowest BCUT2D eigenvalue weighted by Crippen LogP contribution is -2.47. The van der Waals surface area contributed by atoms with E-state index < -0.39 is 0 Å². The van der Waals surface area contributed by atoms with Crippen LogP contribution in [-0.2, 0) is 13.1 Å². The lowest BCUT2D eigenvalue weighted by Gasteiger charge is -2.32. The van der Waals surface area contributed by atoms with Crippen molar-refractivity contribution < 1.29 is 4.79 Å². The van der Waals surface area contributed by atoms with Crippen molar-refractivity contribution in [2.24, 2.45) is 0 Å². The number of para-hydroxylation sites is 1. The fraction of sp³-hybridized carbons (Fsp3) is 0.304. The highest BCUT2D eigenvalue weighted by Crippen LogP contribution is 2.14. The van der Waals surface area contributed by atoms with Crippen LogP contribution >= 0.6 is 0 Å². The van der Waals surface area contributed by atoms with Crippen LogP contribution in [0.15, 0.2) is 73.1 Å². The first kappa shape index (κ1) is 19.2. The van der Waals surface area contributed by atoms with Crippen LogP contribution < -0.4 is 10.6 Å². The molecule has 1 aromatic heterocycles.